The van der Waals surface area contributed by atoms with Gasteiger partial charge < -0.3 is 0 Å². The zero-order chi connectivity index (χ0) is 7.84. The van der Waals surface area contributed by atoms with E-state index in [1.54, 1.807) is 0 Å². The van der Waals surface area contributed by atoms with E-state index in [1.165, 1.54) is 25.8 Å². The Morgan fingerprint density at radius 3 is 2.64 bits per heavy atom. The fourth-order valence-electron chi connectivity index (χ4n) is 2.27. The van der Waals surface area contributed by atoms with Crippen molar-refractivity contribution in [1.29, 1.82) is 0 Å². The Morgan fingerprint density at radius 2 is 2.09 bits per heavy atom. The third kappa shape index (κ3) is 1.42. The lowest BCUT2D eigenvalue weighted by atomic mass is 10.1. The summed E-state index contributed by atoms with van der Waals surface area (Å²) >= 11 is 0. The molecule has 0 spiro atoms. The number of nitrogens with zero attached hydrogens (tertiary/aromatic N) is 1. The molecule has 1 saturated carbocycles. The molecule has 1 aliphatic carbocycles. The summed E-state index contributed by atoms with van der Waals surface area (Å²) in [5, 5.41) is 2.43. The molecule has 1 saturated heterocycles. The van der Waals surface area contributed by atoms with Gasteiger partial charge in [-0.1, -0.05) is 6.92 Å². The molecule has 2 unspecified atom stereocenters. The fourth-order valence-corrected chi connectivity index (χ4v) is 2.27. The van der Waals surface area contributed by atoms with E-state index in [0.717, 1.165) is 17.9 Å². The van der Waals surface area contributed by atoms with Gasteiger partial charge in [-0.2, -0.15) is 0 Å². The van der Waals surface area contributed by atoms with Gasteiger partial charge in [0.15, 0.2) is 0 Å². The minimum Gasteiger partial charge on any atom is -0.258 e. The molecule has 0 aromatic carbocycles. The lowest BCUT2D eigenvalue weighted by Gasteiger charge is -2.22. The number of hydrogen-bond acceptors (Lipinski definition) is 2. The van der Waals surface area contributed by atoms with E-state index >= 15 is 0 Å². The maximum atomic E-state index is 3.30. The zero-order valence-electron chi connectivity index (χ0n) is 7.51. The summed E-state index contributed by atoms with van der Waals surface area (Å²) in [5.41, 5.74) is 3.30. The molecule has 0 amide bonds. The molecule has 1 aliphatic heterocycles. The molecule has 2 atom stereocenters. The van der Waals surface area contributed by atoms with Crippen LogP contribution in [-0.2, 0) is 0 Å². The van der Waals surface area contributed by atoms with Crippen molar-refractivity contribution in [2.45, 2.75) is 32.2 Å². The Hall–Kier alpha value is -0.0800. The van der Waals surface area contributed by atoms with Crippen molar-refractivity contribution in [3.8, 4) is 0 Å². The first-order chi connectivity index (χ1) is 5.31. The van der Waals surface area contributed by atoms with Crippen molar-refractivity contribution in [3.05, 3.63) is 0 Å². The maximum absolute atomic E-state index is 3.30. The van der Waals surface area contributed by atoms with Gasteiger partial charge in [-0.05, 0) is 38.1 Å². The number of nitrogens with one attached hydrogen (secondary N) is 1. The van der Waals surface area contributed by atoms with Gasteiger partial charge in [-0.15, -0.1) is 0 Å². The highest BCUT2D eigenvalue weighted by molar-refractivity contribution is 4.92. The van der Waals surface area contributed by atoms with Crippen LogP contribution in [0.4, 0.5) is 0 Å². The Kier molecular flexibility index (Phi) is 1.90. The number of hydrogen-bond donors (Lipinski definition) is 1. The summed E-state index contributed by atoms with van der Waals surface area (Å²) in [6, 6.07) is 0.856. The van der Waals surface area contributed by atoms with Crippen LogP contribution in [0.2, 0.25) is 0 Å². The van der Waals surface area contributed by atoms with E-state index in [2.05, 4.69) is 17.4 Å². The lowest BCUT2D eigenvalue weighted by molar-refractivity contribution is 0.170. The second-order valence-corrected chi connectivity index (χ2v) is 4.12. The first-order valence-corrected chi connectivity index (χ1v) is 4.75. The minimum atomic E-state index is 0.856. The Bertz CT molecular complexity index is 142. The fraction of sp³-hybridized carbons (Fsp3) is 1.00. The molecule has 1 heterocycles. The van der Waals surface area contributed by atoms with Crippen LogP contribution in [0.3, 0.4) is 0 Å². The highest BCUT2D eigenvalue weighted by Crippen LogP contribution is 2.40. The van der Waals surface area contributed by atoms with Crippen LogP contribution in [0.1, 0.15) is 26.2 Å². The van der Waals surface area contributed by atoms with E-state index in [9.17, 15) is 0 Å². The highest BCUT2D eigenvalue weighted by atomic mass is 15.5. The summed E-state index contributed by atoms with van der Waals surface area (Å²) in [4.78, 5) is 0. The number of rotatable bonds is 2. The van der Waals surface area contributed by atoms with Crippen LogP contribution in [0.25, 0.3) is 0 Å². The average molecular weight is 154 g/mol. The molecule has 2 fully saturated rings. The molecule has 2 nitrogen and oxygen atoms in total. The van der Waals surface area contributed by atoms with E-state index in [4.69, 9.17) is 0 Å². The summed E-state index contributed by atoms with van der Waals surface area (Å²) in [6.45, 7) is 3.60. The van der Waals surface area contributed by atoms with Crippen molar-refractivity contribution < 1.29 is 0 Å². The van der Waals surface area contributed by atoms with Gasteiger partial charge in [0.05, 0.1) is 0 Å². The monoisotopic (exact) mass is 154 g/mol. The molecule has 2 rings (SSSR count). The summed E-state index contributed by atoms with van der Waals surface area (Å²) < 4.78 is 0. The maximum Gasteiger partial charge on any atom is 0.0274 e. The third-order valence-electron chi connectivity index (χ3n) is 3.01. The molecular formula is C9H18N2. The van der Waals surface area contributed by atoms with Crippen molar-refractivity contribution in [3.63, 3.8) is 0 Å². The summed E-state index contributed by atoms with van der Waals surface area (Å²) in [5.74, 6) is 1.92. The van der Waals surface area contributed by atoms with Gasteiger partial charge in [-0.3, -0.25) is 5.43 Å². The number of hydrazine groups is 1. The Morgan fingerprint density at radius 1 is 1.36 bits per heavy atom. The molecular weight excluding hydrogens is 136 g/mol. The van der Waals surface area contributed by atoms with Crippen LogP contribution in [-0.4, -0.2) is 24.6 Å². The second kappa shape index (κ2) is 2.76. The average Bonchev–Trinajstić information content (AvgIpc) is 2.75. The molecule has 11 heavy (non-hydrogen) atoms. The third-order valence-corrected chi connectivity index (χ3v) is 3.01. The van der Waals surface area contributed by atoms with Crippen molar-refractivity contribution in [2.24, 2.45) is 11.8 Å². The Balaban J connectivity index is 1.95. The molecule has 0 radical (unpaired) electrons. The van der Waals surface area contributed by atoms with Crippen molar-refractivity contribution in [2.75, 3.05) is 13.6 Å². The second-order valence-electron chi connectivity index (χ2n) is 4.12. The van der Waals surface area contributed by atoms with Crippen LogP contribution in [0.5, 0.6) is 0 Å². The van der Waals surface area contributed by atoms with Gasteiger partial charge in [0.2, 0.25) is 0 Å². The standard InChI is InChI=1S/C9H18N2/c1-7-5-9(8-3-4-8)11(6-7)10-2/h7-10H,3-6H2,1-2H3. The predicted octanol–water partition coefficient (Wildman–Crippen LogP) is 1.24. The lowest BCUT2D eigenvalue weighted by Crippen LogP contribution is -2.40. The molecule has 2 heteroatoms. The predicted molar refractivity (Wildman–Crippen MR) is 46.1 cm³/mol. The molecule has 0 bridgehead atoms. The van der Waals surface area contributed by atoms with Gasteiger partial charge in [0.25, 0.3) is 0 Å². The van der Waals surface area contributed by atoms with Gasteiger partial charge in [0, 0.05) is 12.6 Å². The zero-order valence-corrected chi connectivity index (χ0v) is 7.51. The SMILES string of the molecule is CNN1CC(C)CC1C1CC1. The molecule has 2 aliphatic rings. The molecule has 64 valence electrons. The molecule has 0 aromatic heterocycles. The minimum absolute atomic E-state index is 0.856. The van der Waals surface area contributed by atoms with E-state index in [-0.39, 0.29) is 0 Å². The van der Waals surface area contributed by atoms with Crippen LogP contribution in [0, 0.1) is 11.8 Å². The van der Waals surface area contributed by atoms with Crippen molar-refractivity contribution in [1.82, 2.24) is 10.4 Å². The normalized spacial score (nSPS) is 39.8. The summed E-state index contributed by atoms with van der Waals surface area (Å²) in [6.07, 6.45) is 4.34. The summed E-state index contributed by atoms with van der Waals surface area (Å²) in [7, 11) is 2.05. The molecule has 0 aromatic rings. The highest BCUT2D eigenvalue weighted by Gasteiger charge is 2.39. The largest absolute Gasteiger partial charge is 0.258 e. The van der Waals surface area contributed by atoms with E-state index in [1.807, 2.05) is 7.05 Å². The van der Waals surface area contributed by atoms with Crippen molar-refractivity contribution >= 4 is 0 Å². The quantitative estimate of drug-likeness (QED) is 0.644. The van der Waals surface area contributed by atoms with Gasteiger partial charge in [-0.25, -0.2) is 5.01 Å². The van der Waals surface area contributed by atoms with Crippen LogP contribution >= 0.6 is 0 Å². The van der Waals surface area contributed by atoms with Crippen LogP contribution < -0.4 is 5.43 Å². The first-order valence-electron chi connectivity index (χ1n) is 4.75. The van der Waals surface area contributed by atoms with Gasteiger partial charge >= 0.3 is 0 Å². The topological polar surface area (TPSA) is 15.3 Å². The molecule has 1 N–H and O–H groups in total. The van der Waals surface area contributed by atoms with Crippen LogP contribution in [0.15, 0.2) is 0 Å². The Labute approximate surface area is 68.9 Å². The van der Waals surface area contributed by atoms with E-state index < -0.39 is 0 Å². The van der Waals surface area contributed by atoms with Gasteiger partial charge in [0.1, 0.15) is 0 Å². The smallest absolute Gasteiger partial charge is 0.0274 e. The van der Waals surface area contributed by atoms with E-state index in [0.29, 0.717) is 0 Å². The first kappa shape index (κ1) is 7.56.